The van der Waals surface area contributed by atoms with E-state index in [2.05, 4.69) is 41.7 Å². The number of guanidine groups is 1. The number of nitrogens with one attached hydrogen (secondary N) is 3. The van der Waals surface area contributed by atoms with E-state index in [0.717, 1.165) is 11.7 Å². The number of ether oxygens (including phenoxy) is 1. The van der Waals surface area contributed by atoms with Crippen LogP contribution in [0.15, 0.2) is 29.3 Å². The third-order valence-corrected chi connectivity index (χ3v) is 3.64. The predicted molar refractivity (Wildman–Crippen MR) is 110 cm³/mol. The van der Waals surface area contributed by atoms with Gasteiger partial charge in [0.05, 0.1) is 7.11 Å². The van der Waals surface area contributed by atoms with E-state index < -0.39 is 0 Å². The molecule has 7 heteroatoms. The van der Waals surface area contributed by atoms with E-state index in [1.54, 1.807) is 38.4 Å². The average molecular weight is 448 g/mol. The predicted octanol–water partition coefficient (Wildman–Crippen LogP) is 2.25. The fraction of sp³-hybridized carbons (Fsp3) is 0.529. The topological polar surface area (TPSA) is 74.8 Å². The third-order valence-electron chi connectivity index (χ3n) is 3.64. The Labute approximate surface area is 161 Å². The van der Waals surface area contributed by atoms with Gasteiger partial charge in [0, 0.05) is 31.7 Å². The van der Waals surface area contributed by atoms with Crippen LogP contribution in [0.2, 0.25) is 0 Å². The molecule has 1 unspecified atom stereocenters. The second kappa shape index (κ2) is 11.9. The highest BCUT2D eigenvalue weighted by Gasteiger charge is 2.09. The number of hydrogen-bond acceptors (Lipinski definition) is 3. The average Bonchev–Trinajstić information content (AvgIpc) is 2.57. The van der Waals surface area contributed by atoms with Gasteiger partial charge < -0.3 is 20.7 Å². The maximum Gasteiger partial charge on any atom is 0.251 e. The van der Waals surface area contributed by atoms with Crippen molar-refractivity contribution in [3.8, 4) is 5.75 Å². The van der Waals surface area contributed by atoms with Crippen LogP contribution in [0.5, 0.6) is 5.75 Å². The van der Waals surface area contributed by atoms with Crippen LogP contribution < -0.4 is 20.7 Å². The standard InChI is InChI=1S/C17H28N4O2.HI/c1-12(2)13(3)21-17(18-4)20-11-10-19-16(22)14-6-8-15(23-5)9-7-14;/h6-9,12-13H,10-11H2,1-5H3,(H,19,22)(H2,18,20,21);1H. The normalized spacial score (nSPS) is 12.2. The van der Waals surface area contributed by atoms with Crippen LogP contribution in [0, 0.1) is 5.92 Å². The van der Waals surface area contributed by atoms with Gasteiger partial charge in [0.1, 0.15) is 5.75 Å². The molecule has 0 aliphatic heterocycles. The number of hydrogen-bond donors (Lipinski definition) is 3. The highest BCUT2D eigenvalue weighted by molar-refractivity contribution is 14.0. The van der Waals surface area contributed by atoms with Gasteiger partial charge in [0.2, 0.25) is 0 Å². The Morgan fingerprint density at radius 2 is 1.71 bits per heavy atom. The van der Waals surface area contributed by atoms with Crippen molar-refractivity contribution in [3.63, 3.8) is 0 Å². The van der Waals surface area contributed by atoms with E-state index in [1.807, 2.05) is 0 Å². The summed E-state index contributed by atoms with van der Waals surface area (Å²) >= 11 is 0. The van der Waals surface area contributed by atoms with Crippen molar-refractivity contribution < 1.29 is 9.53 Å². The molecule has 0 saturated carbocycles. The molecule has 0 spiro atoms. The van der Waals surface area contributed by atoms with Crippen molar-refractivity contribution in [2.75, 3.05) is 27.2 Å². The second-order valence-corrected chi connectivity index (χ2v) is 5.66. The van der Waals surface area contributed by atoms with Crippen molar-refractivity contribution in [1.29, 1.82) is 0 Å². The van der Waals surface area contributed by atoms with Gasteiger partial charge in [-0.2, -0.15) is 0 Å². The van der Waals surface area contributed by atoms with Crippen molar-refractivity contribution in [1.82, 2.24) is 16.0 Å². The fourth-order valence-corrected chi connectivity index (χ4v) is 1.78. The summed E-state index contributed by atoms with van der Waals surface area (Å²) in [6.45, 7) is 7.54. The number of carbonyl (C=O) groups is 1. The lowest BCUT2D eigenvalue weighted by molar-refractivity contribution is 0.0954. The van der Waals surface area contributed by atoms with Gasteiger partial charge in [0.25, 0.3) is 5.91 Å². The van der Waals surface area contributed by atoms with Crippen LogP contribution >= 0.6 is 24.0 Å². The van der Waals surface area contributed by atoms with E-state index in [4.69, 9.17) is 4.74 Å². The lowest BCUT2D eigenvalue weighted by Gasteiger charge is -2.20. The molecule has 3 N–H and O–H groups in total. The van der Waals surface area contributed by atoms with E-state index in [9.17, 15) is 4.79 Å². The number of carbonyl (C=O) groups excluding carboxylic acids is 1. The van der Waals surface area contributed by atoms with E-state index in [0.29, 0.717) is 30.6 Å². The fourth-order valence-electron chi connectivity index (χ4n) is 1.78. The Morgan fingerprint density at radius 1 is 1.12 bits per heavy atom. The zero-order valence-corrected chi connectivity index (χ0v) is 17.4. The van der Waals surface area contributed by atoms with Gasteiger partial charge >= 0.3 is 0 Å². The van der Waals surface area contributed by atoms with Gasteiger partial charge in [0.15, 0.2) is 5.96 Å². The molecule has 0 aromatic heterocycles. The van der Waals surface area contributed by atoms with Crippen LogP contribution in [0.3, 0.4) is 0 Å². The maximum atomic E-state index is 12.0. The number of amides is 1. The summed E-state index contributed by atoms with van der Waals surface area (Å²) in [6.07, 6.45) is 0. The summed E-state index contributed by atoms with van der Waals surface area (Å²) in [6, 6.07) is 7.35. The lowest BCUT2D eigenvalue weighted by Crippen LogP contribution is -2.46. The molecule has 1 rings (SSSR count). The Morgan fingerprint density at radius 3 is 2.21 bits per heavy atom. The number of halogens is 1. The highest BCUT2D eigenvalue weighted by Crippen LogP contribution is 2.10. The molecule has 136 valence electrons. The smallest absolute Gasteiger partial charge is 0.251 e. The van der Waals surface area contributed by atoms with Crippen LogP contribution in [0.25, 0.3) is 0 Å². The van der Waals surface area contributed by atoms with Gasteiger partial charge in [-0.05, 0) is 37.1 Å². The molecule has 6 nitrogen and oxygen atoms in total. The van der Waals surface area contributed by atoms with Crippen molar-refractivity contribution >= 4 is 35.8 Å². The van der Waals surface area contributed by atoms with Crippen LogP contribution in [0.1, 0.15) is 31.1 Å². The maximum absolute atomic E-state index is 12.0. The first-order chi connectivity index (χ1) is 11.0. The highest BCUT2D eigenvalue weighted by atomic mass is 127. The third kappa shape index (κ3) is 7.85. The molecule has 24 heavy (non-hydrogen) atoms. The van der Waals surface area contributed by atoms with E-state index in [1.165, 1.54) is 0 Å². The van der Waals surface area contributed by atoms with Gasteiger partial charge in [-0.15, -0.1) is 24.0 Å². The number of methoxy groups -OCH3 is 1. The Balaban J connectivity index is 0.00000529. The molecule has 0 aliphatic rings. The molecule has 1 atom stereocenters. The van der Waals surface area contributed by atoms with E-state index in [-0.39, 0.29) is 29.9 Å². The van der Waals surface area contributed by atoms with Crippen LogP contribution in [-0.2, 0) is 0 Å². The van der Waals surface area contributed by atoms with Crippen molar-refractivity contribution in [2.45, 2.75) is 26.8 Å². The minimum absolute atomic E-state index is 0. The second-order valence-electron chi connectivity index (χ2n) is 5.66. The molecule has 0 bridgehead atoms. The summed E-state index contributed by atoms with van der Waals surface area (Å²) in [4.78, 5) is 16.2. The molecule has 0 aliphatic carbocycles. The Kier molecular flexibility index (Phi) is 11.2. The Bertz CT molecular complexity index is 518. The summed E-state index contributed by atoms with van der Waals surface area (Å²) in [5.74, 6) is 1.89. The summed E-state index contributed by atoms with van der Waals surface area (Å²) in [7, 11) is 3.33. The first kappa shape index (κ1) is 22.5. The number of nitrogens with zero attached hydrogens (tertiary/aromatic N) is 1. The summed E-state index contributed by atoms with van der Waals surface area (Å²) in [5, 5.41) is 9.36. The van der Waals surface area contributed by atoms with Crippen molar-refractivity contribution in [2.24, 2.45) is 10.9 Å². The number of benzene rings is 1. The molecule has 0 heterocycles. The molecular formula is C17H29IN4O2. The largest absolute Gasteiger partial charge is 0.497 e. The van der Waals surface area contributed by atoms with Gasteiger partial charge in [-0.25, -0.2) is 0 Å². The Hall–Kier alpha value is -1.51. The zero-order valence-electron chi connectivity index (χ0n) is 15.1. The lowest BCUT2D eigenvalue weighted by atomic mass is 10.1. The van der Waals surface area contributed by atoms with Crippen LogP contribution in [-0.4, -0.2) is 45.2 Å². The molecule has 0 radical (unpaired) electrons. The first-order valence-electron chi connectivity index (χ1n) is 7.87. The summed E-state index contributed by atoms with van der Waals surface area (Å²) < 4.78 is 5.07. The minimum Gasteiger partial charge on any atom is -0.497 e. The molecule has 0 saturated heterocycles. The molecule has 1 aromatic carbocycles. The summed E-state index contributed by atoms with van der Waals surface area (Å²) in [5.41, 5.74) is 0.613. The molecule has 1 amide bonds. The minimum atomic E-state index is -0.104. The molecular weight excluding hydrogens is 419 g/mol. The van der Waals surface area contributed by atoms with Crippen molar-refractivity contribution in [3.05, 3.63) is 29.8 Å². The number of rotatable bonds is 7. The number of aliphatic imine (C=N–C) groups is 1. The van der Waals surface area contributed by atoms with Gasteiger partial charge in [-0.1, -0.05) is 13.8 Å². The first-order valence-corrected chi connectivity index (χ1v) is 7.87. The van der Waals surface area contributed by atoms with Gasteiger partial charge in [-0.3, -0.25) is 9.79 Å². The molecule has 1 aromatic rings. The molecule has 0 fully saturated rings. The SMILES string of the molecule is CN=C(NCCNC(=O)c1ccc(OC)cc1)NC(C)C(C)C.I. The quantitative estimate of drug-likeness (QED) is 0.259. The monoisotopic (exact) mass is 448 g/mol. The van der Waals surface area contributed by atoms with Crippen LogP contribution in [0.4, 0.5) is 0 Å². The zero-order chi connectivity index (χ0) is 17.2. The van der Waals surface area contributed by atoms with E-state index >= 15 is 0 Å².